The van der Waals surface area contributed by atoms with Crippen LogP contribution in [0.3, 0.4) is 0 Å². The van der Waals surface area contributed by atoms with Crippen LogP contribution in [0.25, 0.3) is 0 Å². The average molecular weight is 467 g/mol. The van der Waals surface area contributed by atoms with E-state index in [1.165, 1.54) is 0 Å². The van der Waals surface area contributed by atoms with E-state index in [2.05, 4.69) is 15.9 Å². The third-order valence-electron chi connectivity index (χ3n) is 3.47. The fourth-order valence-electron chi connectivity index (χ4n) is 1.91. The molecule has 3 rings (SSSR count). The van der Waals surface area contributed by atoms with Gasteiger partial charge in [0.05, 0.1) is 30.6 Å². The van der Waals surface area contributed by atoms with Gasteiger partial charge < -0.3 is 26.7 Å². The molecule has 150 valence electrons. The second kappa shape index (κ2) is 12.0. The van der Waals surface area contributed by atoms with Crippen LogP contribution < -0.4 is 26.7 Å². The van der Waals surface area contributed by atoms with Crippen molar-refractivity contribution in [3.63, 3.8) is 0 Å². The number of halogens is 2. The summed E-state index contributed by atoms with van der Waals surface area (Å²) in [5, 5.41) is 0.634. The van der Waals surface area contributed by atoms with Gasteiger partial charge in [-0.25, -0.2) is 0 Å². The van der Waals surface area contributed by atoms with E-state index in [-0.39, 0.29) is 0 Å². The summed E-state index contributed by atoms with van der Waals surface area (Å²) in [6.07, 6.45) is 0. The molecule has 0 saturated heterocycles. The van der Waals surface area contributed by atoms with Gasteiger partial charge in [-0.2, -0.15) is 0 Å². The van der Waals surface area contributed by atoms with E-state index in [0.29, 0.717) is 22.1 Å². The Morgan fingerprint density at radius 3 is 1.86 bits per heavy atom. The Bertz CT molecular complexity index is 853. The zero-order valence-electron chi connectivity index (χ0n) is 16.1. The molecule has 0 spiro atoms. The van der Waals surface area contributed by atoms with E-state index in [1.54, 1.807) is 38.5 Å². The fourth-order valence-corrected chi connectivity index (χ4v) is 2.41. The van der Waals surface area contributed by atoms with Crippen LogP contribution in [0.5, 0.6) is 11.5 Å². The van der Waals surface area contributed by atoms with Crippen LogP contribution in [-0.4, -0.2) is 14.2 Å². The van der Waals surface area contributed by atoms with Crippen LogP contribution in [0.15, 0.2) is 65.1 Å². The third kappa shape index (κ3) is 8.41. The van der Waals surface area contributed by atoms with Crippen molar-refractivity contribution in [2.75, 3.05) is 31.4 Å². The van der Waals surface area contributed by atoms with Crippen molar-refractivity contribution in [1.82, 2.24) is 0 Å². The molecule has 3 aromatic rings. The molecule has 0 radical (unpaired) electrons. The van der Waals surface area contributed by atoms with E-state index >= 15 is 0 Å². The molecule has 0 amide bonds. The monoisotopic (exact) mass is 465 g/mol. The van der Waals surface area contributed by atoms with E-state index < -0.39 is 0 Å². The minimum Gasteiger partial charge on any atom is -0.497 e. The standard InChI is InChI=1S/C8H11NO2.C7H8ClN.C6H6BrN/c1-10-6-3-4-7(9)8(5-6)11-2;1-5-2-3-7(9)6(8)4-5;7-5-1-3-6(8)4-2-5/h3-5H,9H2,1-2H3;2-4H,9H2,1H3;1-4H,8H2. The number of aryl methyl sites for hydroxylation is 1. The number of hydrogen-bond donors (Lipinski definition) is 3. The number of nitrogens with two attached hydrogens (primary N) is 3. The molecular weight excluding hydrogens is 442 g/mol. The predicted molar refractivity (Wildman–Crippen MR) is 123 cm³/mol. The molecule has 0 fully saturated rings. The molecule has 0 aliphatic rings. The minimum atomic E-state index is 0.619. The van der Waals surface area contributed by atoms with Crippen LogP contribution in [0.1, 0.15) is 5.56 Å². The van der Waals surface area contributed by atoms with Crippen LogP contribution >= 0.6 is 27.5 Å². The van der Waals surface area contributed by atoms with Gasteiger partial charge in [-0.05, 0) is 61.0 Å². The van der Waals surface area contributed by atoms with E-state index in [9.17, 15) is 0 Å². The second-order valence-electron chi connectivity index (χ2n) is 5.68. The molecule has 0 atom stereocenters. The normalized spacial score (nSPS) is 9.32. The first-order chi connectivity index (χ1) is 13.3. The molecular formula is C21H25BrClN3O2. The van der Waals surface area contributed by atoms with Gasteiger partial charge in [0.1, 0.15) is 11.5 Å². The Morgan fingerprint density at radius 2 is 1.39 bits per heavy atom. The summed E-state index contributed by atoms with van der Waals surface area (Å²) < 4.78 is 11.0. The van der Waals surface area contributed by atoms with Gasteiger partial charge in [-0.1, -0.05) is 33.6 Å². The Labute approximate surface area is 179 Å². The molecule has 0 aliphatic carbocycles. The van der Waals surface area contributed by atoms with Gasteiger partial charge in [0.2, 0.25) is 0 Å². The summed E-state index contributed by atoms with van der Waals surface area (Å²) in [7, 11) is 3.18. The van der Waals surface area contributed by atoms with Crippen LogP contribution in [-0.2, 0) is 0 Å². The number of nitrogen functional groups attached to an aromatic ring is 3. The Balaban J connectivity index is 0.000000213. The maximum atomic E-state index is 5.69. The molecule has 0 saturated carbocycles. The lowest BCUT2D eigenvalue weighted by Gasteiger charge is -2.05. The van der Waals surface area contributed by atoms with E-state index in [4.69, 9.17) is 38.3 Å². The highest BCUT2D eigenvalue weighted by Crippen LogP contribution is 2.25. The first kappa shape index (κ1) is 23.5. The quantitative estimate of drug-likeness (QED) is 0.430. The third-order valence-corrected chi connectivity index (χ3v) is 4.32. The molecule has 6 N–H and O–H groups in total. The number of rotatable bonds is 2. The topological polar surface area (TPSA) is 96.5 Å². The highest BCUT2D eigenvalue weighted by atomic mass is 79.9. The van der Waals surface area contributed by atoms with Crippen LogP contribution in [0.2, 0.25) is 5.02 Å². The van der Waals surface area contributed by atoms with Gasteiger partial charge in [-0.15, -0.1) is 0 Å². The lowest BCUT2D eigenvalue weighted by atomic mass is 10.2. The van der Waals surface area contributed by atoms with Crippen LogP contribution in [0, 0.1) is 6.92 Å². The molecule has 5 nitrogen and oxygen atoms in total. The number of hydrogen-bond acceptors (Lipinski definition) is 5. The molecule has 7 heteroatoms. The molecule has 0 unspecified atom stereocenters. The summed E-state index contributed by atoms with van der Waals surface area (Å²) in [6.45, 7) is 1.98. The highest BCUT2D eigenvalue weighted by Gasteiger charge is 1.99. The Hall–Kier alpha value is -2.57. The van der Waals surface area contributed by atoms with Crippen molar-refractivity contribution in [2.45, 2.75) is 6.92 Å². The Morgan fingerprint density at radius 1 is 0.786 bits per heavy atom. The molecule has 0 heterocycles. The SMILES string of the molecule is COc1ccc(N)c(OC)c1.Cc1ccc(N)c(Cl)c1.Nc1ccc(Br)cc1. The van der Waals surface area contributed by atoms with E-state index in [0.717, 1.165) is 21.5 Å². The maximum absolute atomic E-state index is 5.69. The van der Waals surface area contributed by atoms with Gasteiger partial charge in [0.15, 0.2) is 0 Å². The van der Waals surface area contributed by atoms with E-state index in [1.807, 2.05) is 43.3 Å². The molecule has 0 aliphatic heterocycles. The number of benzene rings is 3. The zero-order chi connectivity index (χ0) is 21.1. The largest absolute Gasteiger partial charge is 0.497 e. The van der Waals surface area contributed by atoms with Gasteiger partial charge >= 0.3 is 0 Å². The van der Waals surface area contributed by atoms with Gasteiger partial charge in [0.25, 0.3) is 0 Å². The van der Waals surface area contributed by atoms with Crippen molar-refractivity contribution in [2.24, 2.45) is 0 Å². The van der Waals surface area contributed by atoms with Crippen molar-refractivity contribution in [3.8, 4) is 11.5 Å². The lowest BCUT2D eigenvalue weighted by molar-refractivity contribution is 0.395. The first-order valence-electron chi connectivity index (χ1n) is 8.27. The molecule has 0 bridgehead atoms. The fraction of sp³-hybridized carbons (Fsp3) is 0.143. The molecule has 0 aromatic heterocycles. The lowest BCUT2D eigenvalue weighted by Crippen LogP contribution is -1.92. The van der Waals surface area contributed by atoms with Crippen molar-refractivity contribution < 1.29 is 9.47 Å². The summed E-state index contributed by atoms with van der Waals surface area (Å²) in [4.78, 5) is 0. The predicted octanol–water partition coefficient (Wildman–Crippen LogP) is 5.55. The molecule has 3 aromatic carbocycles. The Kier molecular flexibility index (Phi) is 10.1. The van der Waals surface area contributed by atoms with Crippen molar-refractivity contribution in [3.05, 3.63) is 75.7 Å². The summed E-state index contributed by atoms with van der Waals surface area (Å²) in [5.74, 6) is 1.39. The number of anilines is 3. The van der Waals surface area contributed by atoms with Crippen molar-refractivity contribution >= 4 is 44.6 Å². The minimum absolute atomic E-state index is 0.619. The van der Waals surface area contributed by atoms with Crippen LogP contribution in [0.4, 0.5) is 17.1 Å². The maximum Gasteiger partial charge on any atom is 0.145 e. The summed E-state index contributed by atoms with van der Waals surface area (Å²) >= 11 is 8.98. The average Bonchev–Trinajstić information content (AvgIpc) is 2.69. The van der Waals surface area contributed by atoms with Gasteiger partial charge in [0, 0.05) is 16.2 Å². The summed E-state index contributed by atoms with van der Waals surface area (Å²) in [5.41, 5.74) is 19.6. The number of ether oxygens (including phenoxy) is 2. The number of methoxy groups -OCH3 is 2. The highest BCUT2D eigenvalue weighted by molar-refractivity contribution is 9.10. The van der Waals surface area contributed by atoms with Gasteiger partial charge in [-0.3, -0.25) is 0 Å². The second-order valence-corrected chi connectivity index (χ2v) is 7.01. The summed E-state index contributed by atoms with van der Waals surface area (Å²) in [6, 6.07) is 18.4. The molecule has 28 heavy (non-hydrogen) atoms. The smallest absolute Gasteiger partial charge is 0.145 e. The van der Waals surface area contributed by atoms with Crippen molar-refractivity contribution in [1.29, 1.82) is 0 Å². The zero-order valence-corrected chi connectivity index (χ0v) is 18.4. The first-order valence-corrected chi connectivity index (χ1v) is 9.44.